The van der Waals surface area contributed by atoms with Crippen LogP contribution >= 0.6 is 45.3 Å². The van der Waals surface area contributed by atoms with E-state index in [9.17, 15) is 4.79 Å². The van der Waals surface area contributed by atoms with Crippen LogP contribution in [-0.4, -0.2) is 22.8 Å². The zero-order chi connectivity index (χ0) is 12.4. The minimum Gasteiger partial charge on any atom is -0.336 e. The number of thiophene rings is 1. The molecule has 2 aromatic rings. The number of aryl methyl sites for hydroxylation is 1. The fourth-order valence-electron chi connectivity index (χ4n) is 1.43. The maximum Gasteiger partial charge on any atom is 0.254 e. The summed E-state index contributed by atoms with van der Waals surface area (Å²) in [5.74, 6) is 0.0650. The van der Waals surface area contributed by atoms with Gasteiger partial charge in [0.15, 0.2) is 0 Å². The van der Waals surface area contributed by atoms with Gasteiger partial charge < -0.3 is 4.90 Å². The number of halogens is 1. The summed E-state index contributed by atoms with van der Waals surface area (Å²) in [6.45, 7) is 2.59. The number of hydrogen-bond acceptors (Lipinski definition) is 4. The molecule has 3 nitrogen and oxygen atoms in total. The lowest BCUT2D eigenvalue weighted by Crippen LogP contribution is -2.25. The number of hydrogen-bond donors (Lipinski definition) is 0. The molecule has 17 heavy (non-hydrogen) atoms. The molecule has 0 aromatic carbocycles. The van der Waals surface area contributed by atoms with Crippen molar-refractivity contribution in [3.63, 3.8) is 0 Å². The monoisotopic (exact) mass is 378 g/mol. The van der Waals surface area contributed by atoms with E-state index in [1.54, 1.807) is 27.6 Å². The Labute approximate surface area is 122 Å². The van der Waals surface area contributed by atoms with Gasteiger partial charge in [-0.1, -0.05) is 0 Å². The smallest absolute Gasteiger partial charge is 0.254 e. The third-order valence-corrected chi connectivity index (χ3v) is 4.91. The third-order valence-electron chi connectivity index (χ3n) is 2.22. The van der Waals surface area contributed by atoms with E-state index in [1.165, 1.54) is 0 Å². The SMILES string of the molecule is Cc1ncc(CN(C)C(=O)c2csc(I)c2)s1. The van der Waals surface area contributed by atoms with Crippen LogP contribution in [0.3, 0.4) is 0 Å². The van der Waals surface area contributed by atoms with Crippen molar-refractivity contribution in [1.29, 1.82) is 0 Å². The second kappa shape index (κ2) is 5.45. The molecule has 0 spiro atoms. The molecule has 6 heteroatoms. The number of nitrogens with zero attached hydrogens (tertiary/aromatic N) is 2. The molecule has 0 radical (unpaired) electrons. The number of rotatable bonds is 3. The third kappa shape index (κ3) is 3.26. The Morgan fingerprint density at radius 2 is 2.35 bits per heavy atom. The van der Waals surface area contributed by atoms with Crippen LogP contribution in [0, 0.1) is 9.81 Å². The zero-order valence-corrected chi connectivity index (χ0v) is 13.2. The summed E-state index contributed by atoms with van der Waals surface area (Å²) < 4.78 is 1.13. The van der Waals surface area contributed by atoms with Crippen molar-refractivity contribution in [2.75, 3.05) is 7.05 Å². The normalized spacial score (nSPS) is 10.5. The highest BCUT2D eigenvalue weighted by atomic mass is 127. The van der Waals surface area contributed by atoms with Crippen molar-refractivity contribution in [2.45, 2.75) is 13.5 Å². The maximum atomic E-state index is 12.1. The molecular formula is C11H11IN2OS2. The molecule has 0 bridgehead atoms. The molecule has 2 rings (SSSR count). The van der Waals surface area contributed by atoms with Crippen LogP contribution in [0.4, 0.5) is 0 Å². The van der Waals surface area contributed by atoms with Gasteiger partial charge in [0.2, 0.25) is 0 Å². The molecule has 0 saturated heterocycles. The predicted molar refractivity (Wildman–Crippen MR) is 79.7 cm³/mol. The Morgan fingerprint density at radius 3 is 2.88 bits per heavy atom. The van der Waals surface area contributed by atoms with Crippen molar-refractivity contribution in [2.24, 2.45) is 0 Å². The van der Waals surface area contributed by atoms with Gasteiger partial charge in [-0.25, -0.2) is 4.98 Å². The van der Waals surface area contributed by atoms with Gasteiger partial charge in [0, 0.05) is 23.5 Å². The van der Waals surface area contributed by atoms with E-state index in [-0.39, 0.29) is 5.91 Å². The molecule has 0 saturated carbocycles. The molecule has 0 aliphatic rings. The van der Waals surface area contributed by atoms with E-state index in [0.29, 0.717) is 6.54 Å². The van der Waals surface area contributed by atoms with E-state index in [0.717, 1.165) is 18.3 Å². The standard InChI is InChI=1S/C11H11IN2OS2/c1-7-13-4-9(17-7)5-14(2)11(15)8-3-10(12)16-6-8/h3-4,6H,5H2,1-2H3. The number of carbonyl (C=O) groups excluding carboxylic acids is 1. The first-order chi connectivity index (χ1) is 8.06. The van der Waals surface area contributed by atoms with E-state index in [1.807, 2.05) is 31.6 Å². The lowest BCUT2D eigenvalue weighted by atomic mass is 10.3. The number of thiazole rings is 1. The summed E-state index contributed by atoms with van der Waals surface area (Å²) in [7, 11) is 1.82. The Morgan fingerprint density at radius 1 is 1.59 bits per heavy atom. The lowest BCUT2D eigenvalue weighted by molar-refractivity contribution is 0.0787. The second-order valence-electron chi connectivity index (χ2n) is 3.65. The van der Waals surface area contributed by atoms with Gasteiger partial charge in [-0.05, 0) is 35.6 Å². The number of carbonyl (C=O) groups is 1. The Balaban J connectivity index is 2.05. The average molecular weight is 378 g/mol. The summed E-state index contributed by atoms with van der Waals surface area (Å²) in [4.78, 5) is 19.1. The van der Waals surface area contributed by atoms with Crippen molar-refractivity contribution >= 4 is 51.2 Å². The predicted octanol–water partition coefficient (Wildman–Crippen LogP) is 3.39. The molecular weight excluding hydrogens is 367 g/mol. The molecule has 90 valence electrons. The van der Waals surface area contributed by atoms with Crippen LogP contribution in [0.2, 0.25) is 0 Å². The summed E-state index contributed by atoms with van der Waals surface area (Å²) in [6.07, 6.45) is 1.83. The average Bonchev–Trinajstić information content (AvgIpc) is 2.87. The number of aromatic nitrogens is 1. The van der Waals surface area contributed by atoms with Crippen LogP contribution in [0.25, 0.3) is 0 Å². The topological polar surface area (TPSA) is 33.2 Å². The molecule has 2 aromatic heterocycles. The van der Waals surface area contributed by atoms with Gasteiger partial charge >= 0.3 is 0 Å². The van der Waals surface area contributed by atoms with Crippen LogP contribution in [0.15, 0.2) is 17.6 Å². The molecule has 0 unspecified atom stereocenters. The van der Waals surface area contributed by atoms with E-state index in [2.05, 4.69) is 27.6 Å². The van der Waals surface area contributed by atoms with Gasteiger partial charge in [0.05, 0.1) is 20.0 Å². The van der Waals surface area contributed by atoms with Crippen molar-refractivity contribution in [3.8, 4) is 0 Å². The highest BCUT2D eigenvalue weighted by Gasteiger charge is 2.14. The first-order valence-corrected chi connectivity index (χ1v) is 7.74. The molecule has 0 fully saturated rings. The van der Waals surface area contributed by atoms with Crippen LogP contribution in [0.1, 0.15) is 20.2 Å². The van der Waals surface area contributed by atoms with Gasteiger partial charge in [-0.15, -0.1) is 22.7 Å². The van der Waals surface area contributed by atoms with Crippen LogP contribution in [0.5, 0.6) is 0 Å². The number of amides is 1. The fourth-order valence-corrected chi connectivity index (χ4v) is 3.60. The molecule has 0 aliphatic carbocycles. The van der Waals surface area contributed by atoms with Crippen molar-refractivity contribution in [3.05, 3.63) is 36.0 Å². The summed E-state index contributed by atoms with van der Waals surface area (Å²) in [6, 6.07) is 1.92. The van der Waals surface area contributed by atoms with Crippen LogP contribution in [-0.2, 0) is 6.54 Å². The molecule has 0 atom stereocenters. The Kier molecular flexibility index (Phi) is 4.16. The first-order valence-electron chi connectivity index (χ1n) is 4.97. The largest absolute Gasteiger partial charge is 0.336 e. The summed E-state index contributed by atoms with van der Waals surface area (Å²) in [5.41, 5.74) is 0.767. The zero-order valence-electron chi connectivity index (χ0n) is 9.44. The van der Waals surface area contributed by atoms with E-state index < -0.39 is 0 Å². The molecule has 2 heterocycles. The maximum absolute atomic E-state index is 12.1. The highest BCUT2D eigenvalue weighted by molar-refractivity contribution is 14.1. The van der Waals surface area contributed by atoms with Crippen LogP contribution < -0.4 is 0 Å². The molecule has 0 aliphatic heterocycles. The van der Waals surface area contributed by atoms with E-state index in [4.69, 9.17) is 0 Å². The minimum atomic E-state index is 0.0650. The highest BCUT2D eigenvalue weighted by Crippen LogP contribution is 2.19. The van der Waals surface area contributed by atoms with Crippen molar-refractivity contribution < 1.29 is 4.79 Å². The van der Waals surface area contributed by atoms with Gasteiger partial charge in [-0.3, -0.25) is 4.79 Å². The second-order valence-corrected chi connectivity index (χ2v) is 7.77. The summed E-state index contributed by atoms with van der Waals surface area (Å²) in [5, 5.41) is 2.93. The lowest BCUT2D eigenvalue weighted by Gasteiger charge is -2.14. The van der Waals surface area contributed by atoms with Gasteiger partial charge in [0.1, 0.15) is 0 Å². The van der Waals surface area contributed by atoms with Gasteiger partial charge in [0.25, 0.3) is 5.91 Å². The Hall–Kier alpha value is -0.470. The quantitative estimate of drug-likeness (QED) is 0.768. The first kappa shape index (κ1) is 13.0. The van der Waals surface area contributed by atoms with Crippen molar-refractivity contribution in [1.82, 2.24) is 9.88 Å². The van der Waals surface area contributed by atoms with E-state index >= 15 is 0 Å². The molecule has 0 N–H and O–H groups in total. The Bertz CT molecular complexity index is 535. The van der Waals surface area contributed by atoms with Gasteiger partial charge in [-0.2, -0.15) is 0 Å². The minimum absolute atomic E-state index is 0.0650. The molecule has 1 amide bonds. The fraction of sp³-hybridized carbons (Fsp3) is 0.273. The summed E-state index contributed by atoms with van der Waals surface area (Å²) >= 11 is 5.44.